The van der Waals surface area contributed by atoms with Crippen molar-refractivity contribution >= 4 is 22.7 Å². The Balaban J connectivity index is 2.09. The molecule has 0 saturated carbocycles. The van der Waals surface area contributed by atoms with E-state index in [2.05, 4.69) is 15.6 Å². The average Bonchev–Trinajstić information content (AvgIpc) is 2.70. The first kappa shape index (κ1) is 13.1. The Morgan fingerprint density at radius 2 is 1.84 bits per heavy atom. The molecule has 5 heteroatoms. The lowest BCUT2D eigenvalue weighted by Gasteiger charge is -2.05. The number of hydrogen-bond donors (Lipinski definition) is 3. The number of carbonyl (C=O) groups excluding carboxylic acids is 2. The summed E-state index contributed by atoms with van der Waals surface area (Å²) in [7, 11) is 0. The van der Waals surface area contributed by atoms with Gasteiger partial charge in [-0.05, 0) is 13.0 Å². The maximum atomic E-state index is 12.1. The zero-order valence-corrected chi connectivity index (χ0v) is 11.0. The molecular weight excluding hydrogens is 242 g/mol. The molecule has 2 rings (SSSR count). The summed E-state index contributed by atoms with van der Waals surface area (Å²) in [6, 6.07) is 7.69. The molecular formula is C14H17N3O2. The number of nitrogens with one attached hydrogen (secondary N) is 3. The molecule has 19 heavy (non-hydrogen) atoms. The molecule has 0 unspecified atom stereocenters. The van der Waals surface area contributed by atoms with Crippen LogP contribution >= 0.6 is 0 Å². The second-order valence-corrected chi connectivity index (χ2v) is 4.41. The van der Waals surface area contributed by atoms with Gasteiger partial charge in [-0.25, -0.2) is 0 Å². The minimum absolute atomic E-state index is 0.0995. The summed E-state index contributed by atoms with van der Waals surface area (Å²) >= 11 is 0. The van der Waals surface area contributed by atoms with Crippen molar-refractivity contribution in [3.05, 3.63) is 35.5 Å². The van der Waals surface area contributed by atoms with Gasteiger partial charge in [0.1, 0.15) is 0 Å². The fraction of sp³-hybridized carbons (Fsp3) is 0.286. The van der Waals surface area contributed by atoms with E-state index >= 15 is 0 Å². The second-order valence-electron chi connectivity index (χ2n) is 4.41. The zero-order valence-electron chi connectivity index (χ0n) is 11.0. The topological polar surface area (TPSA) is 74.0 Å². The Kier molecular flexibility index (Phi) is 3.85. The lowest BCUT2D eigenvalue weighted by atomic mass is 10.1. The fourth-order valence-electron chi connectivity index (χ4n) is 2.07. The van der Waals surface area contributed by atoms with Gasteiger partial charge in [-0.1, -0.05) is 18.2 Å². The Hall–Kier alpha value is -2.30. The predicted molar refractivity (Wildman–Crippen MR) is 74.1 cm³/mol. The smallest absolute Gasteiger partial charge is 0.253 e. The van der Waals surface area contributed by atoms with Gasteiger partial charge in [-0.2, -0.15) is 0 Å². The van der Waals surface area contributed by atoms with Crippen LogP contribution in [0.1, 0.15) is 23.0 Å². The van der Waals surface area contributed by atoms with Crippen molar-refractivity contribution in [2.45, 2.75) is 13.8 Å². The molecule has 5 nitrogen and oxygen atoms in total. The summed E-state index contributed by atoms with van der Waals surface area (Å²) in [4.78, 5) is 26.0. The van der Waals surface area contributed by atoms with Gasteiger partial charge in [0.15, 0.2) is 0 Å². The largest absolute Gasteiger partial charge is 0.358 e. The minimum atomic E-state index is -0.125. The third-order valence-corrected chi connectivity index (χ3v) is 2.91. The van der Waals surface area contributed by atoms with E-state index < -0.39 is 0 Å². The summed E-state index contributed by atoms with van der Waals surface area (Å²) in [5.74, 6) is -0.224. The van der Waals surface area contributed by atoms with Crippen molar-refractivity contribution in [3.8, 4) is 0 Å². The van der Waals surface area contributed by atoms with Crippen molar-refractivity contribution < 1.29 is 9.59 Å². The molecule has 0 aliphatic heterocycles. The number of rotatable bonds is 4. The van der Waals surface area contributed by atoms with Crippen LogP contribution in [0.3, 0.4) is 0 Å². The van der Waals surface area contributed by atoms with E-state index in [1.807, 2.05) is 31.2 Å². The lowest BCUT2D eigenvalue weighted by Crippen LogP contribution is -2.33. The molecule has 0 saturated heterocycles. The summed E-state index contributed by atoms with van der Waals surface area (Å²) in [5.41, 5.74) is 2.46. The van der Waals surface area contributed by atoms with E-state index in [1.54, 1.807) is 0 Å². The summed E-state index contributed by atoms with van der Waals surface area (Å²) in [6.07, 6.45) is 0. The van der Waals surface area contributed by atoms with E-state index in [4.69, 9.17) is 0 Å². The normalized spacial score (nSPS) is 10.4. The summed E-state index contributed by atoms with van der Waals surface area (Å²) in [5, 5.41) is 6.35. The summed E-state index contributed by atoms with van der Waals surface area (Å²) in [6.45, 7) is 4.17. The molecule has 0 bridgehead atoms. The van der Waals surface area contributed by atoms with E-state index in [-0.39, 0.29) is 11.8 Å². The standard InChI is InChI=1S/C14H17N3O2/c1-9-13(11-5-3-4-6-12(11)17-9)14(19)16-8-7-15-10(2)18/h3-6,17H,7-8H2,1-2H3,(H,15,18)(H,16,19). The van der Waals surface area contributed by atoms with E-state index in [0.29, 0.717) is 18.7 Å². The average molecular weight is 259 g/mol. The summed E-state index contributed by atoms with van der Waals surface area (Å²) < 4.78 is 0. The first-order chi connectivity index (χ1) is 9.09. The number of hydrogen-bond acceptors (Lipinski definition) is 2. The van der Waals surface area contributed by atoms with Crippen LogP contribution in [0.4, 0.5) is 0 Å². The van der Waals surface area contributed by atoms with Crippen molar-refractivity contribution in [2.24, 2.45) is 0 Å². The Bertz CT molecular complexity index is 616. The number of amides is 2. The number of carbonyl (C=O) groups is 2. The van der Waals surface area contributed by atoms with Crippen molar-refractivity contribution in [1.82, 2.24) is 15.6 Å². The second kappa shape index (κ2) is 5.56. The van der Waals surface area contributed by atoms with Gasteiger partial charge in [0.25, 0.3) is 5.91 Å². The molecule has 3 N–H and O–H groups in total. The van der Waals surface area contributed by atoms with Crippen molar-refractivity contribution in [3.63, 3.8) is 0 Å². The number of para-hydroxylation sites is 1. The first-order valence-corrected chi connectivity index (χ1v) is 6.19. The lowest BCUT2D eigenvalue weighted by molar-refractivity contribution is -0.118. The highest BCUT2D eigenvalue weighted by Crippen LogP contribution is 2.21. The maximum Gasteiger partial charge on any atom is 0.253 e. The monoisotopic (exact) mass is 259 g/mol. The zero-order chi connectivity index (χ0) is 13.8. The molecule has 0 aliphatic carbocycles. The molecule has 2 aromatic rings. The van der Waals surface area contributed by atoms with Gasteiger partial charge in [-0.15, -0.1) is 0 Å². The molecule has 0 spiro atoms. The van der Waals surface area contributed by atoms with E-state index in [1.165, 1.54) is 6.92 Å². The molecule has 1 aromatic heterocycles. The quantitative estimate of drug-likeness (QED) is 0.725. The van der Waals surface area contributed by atoms with Crippen LogP contribution in [0.2, 0.25) is 0 Å². The highest BCUT2D eigenvalue weighted by Gasteiger charge is 2.14. The molecule has 1 aromatic carbocycles. The van der Waals surface area contributed by atoms with Gasteiger partial charge in [0, 0.05) is 36.6 Å². The van der Waals surface area contributed by atoms with E-state index in [9.17, 15) is 9.59 Å². The number of H-pyrrole nitrogens is 1. The van der Waals surface area contributed by atoms with Crippen LogP contribution < -0.4 is 10.6 Å². The molecule has 0 aliphatic rings. The number of benzene rings is 1. The SMILES string of the molecule is CC(=O)NCCNC(=O)c1c(C)[nH]c2ccccc12. The van der Waals surface area contributed by atoms with Crippen LogP contribution in [0, 0.1) is 6.92 Å². The maximum absolute atomic E-state index is 12.1. The Morgan fingerprint density at radius 3 is 2.58 bits per heavy atom. The third kappa shape index (κ3) is 2.93. The van der Waals surface area contributed by atoms with Crippen molar-refractivity contribution in [2.75, 3.05) is 13.1 Å². The van der Waals surface area contributed by atoms with Crippen LogP contribution in [0.25, 0.3) is 10.9 Å². The third-order valence-electron chi connectivity index (χ3n) is 2.91. The first-order valence-electron chi connectivity index (χ1n) is 6.19. The van der Waals surface area contributed by atoms with Crippen LogP contribution in [-0.2, 0) is 4.79 Å². The van der Waals surface area contributed by atoms with Gasteiger partial charge < -0.3 is 15.6 Å². The van der Waals surface area contributed by atoms with Crippen LogP contribution in [0.15, 0.2) is 24.3 Å². The van der Waals surface area contributed by atoms with Gasteiger partial charge in [-0.3, -0.25) is 9.59 Å². The number of aromatic amines is 1. The molecule has 0 fully saturated rings. The van der Waals surface area contributed by atoms with Crippen LogP contribution in [-0.4, -0.2) is 29.9 Å². The highest BCUT2D eigenvalue weighted by molar-refractivity contribution is 6.08. The van der Waals surface area contributed by atoms with Crippen LogP contribution in [0.5, 0.6) is 0 Å². The molecule has 100 valence electrons. The molecule has 2 amide bonds. The fourth-order valence-corrected chi connectivity index (χ4v) is 2.07. The number of aromatic nitrogens is 1. The predicted octanol–water partition coefficient (Wildman–Crippen LogP) is 1.34. The number of fused-ring (bicyclic) bond motifs is 1. The minimum Gasteiger partial charge on any atom is -0.358 e. The molecule has 1 heterocycles. The van der Waals surface area contributed by atoms with Gasteiger partial charge >= 0.3 is 0 Å². The molecule has 0 radical (unpaired) electrons. The van der Waals surface area contributed by atoms with Crippen molar-refractivity contribution in [1.29, 1.82) is 0 Å². The Morgan fingerprint density at radius 1 is 1.16 bits per heavy atom. The van der Waals surface area contributed by atoms with Gasteiger partial charge in [0.05, 0.1) is 5.56 Å². The highest BCUT2D eigenvalue weighted by atomic mass is 16.2. The van der Waals surface area contributed by atoms with E-state index in [0.717, 1.165) is 16.6 Å². The number of aryl methyl sites for hydroxylation is 1. The van der Waals surface area contributed by atoms with Gasteiger partial charge in [0.2, 0.25) is 5.91 Å². The molecule has 0 atom stereocenters. The Labute approximate surface area is 111 Å².